The summed E-state index contributed by atoms with van der Waals surface area (Å²) in [4.78, 5) is 17.1. The molecule has 22 heavy (non-hydrogen) atoms. The molecule has 5 heteroatoms. The predicted molar refractivity (Wildman–Crippen MR) is 95.8 cm³/mol. The summed E-state index contributed by atoms with van der Waals surface area (Å²) in [6.45, 7) is 5.02. The number of nitrogens with one attached hydrogen (secondary N) is 1. The molecular weight excluding hydrogens is 312 g/mol. The summed E-state index contributed by atoms with van der Waals surface area (Å²) in [5.74, 6) is 0.990. The average molecular weight is 332 g/mol. The number of thiophene rings is 1. The minimum absolute atomic E-state index is 0.00527. The van der Waals surface area contributed by atoms with Crippen LogP contribution in [-0.2, 0) is 6.42 Å². The molecule has 0 spiro atoms. The largest absolute Gasteiger partial charge is 0.323 e. The lowest BCUT2D eigenvalue weighted by Gasteiger charge is -2.23. The van der Waals surface area contributed by atoms with Crippen molar-refractivity contribution in [1.82, 2.24) is 4.90 Å². The Morgan fingerprint density at radius 1 is 1.36 bits per heavy atom. The van der Waals surface area contributed by atoms with Crippen molar-refractivity contribution in [3.8, 4) is 0 Å². The van der Waals surface area contributed by atoms with E-state index in [1.54, 1.807) is 11.3 Å². The van der Waals surface area contributed by atoms with Gasteiger partial charge in [-0.05, 0) is 43.2 Å². The SMILES string of the molecule is CCc1cccc(NC(=O)N2CCSC2c2ccc(C)s2)c1. The van der Waals surface area contributed by atoms with Crippen LogP contribution in [0.5, 0.6) is 0 Å². The maximum Gasteiger partial charge on any atom is 0.323 e. The highest BCUT2D eigenvalue weighted by molar-refractivity contribution is 7.99. The summed E-state index contributed by atoms with van der Waals surface area (Å²) >= 11 is 3.61. The molecule has 0 saturated carbocycles. The highest BCUT2D eigenvalue weighted by Crippen LogP contribution is 2.41. The third-order valence-corrected chi connectivity index (χ3v) is 6.19. The first-order valence-electron chi connectivity index (χ1n) is 7.52. The van der Waals surface area contributed by atoms with Crippen molar-refractivity contribution in [3.05, 3.63) is 51.7 Å². The van der Waals surface area contributed by atoms with Gasteiger partial charge in [-0.2, -0.15) is 0 Å². The first-order valence-corrected chi connectivity index (χ1v) is 9.38. The summed E-state index contributed by atoms with van der Waals surface area (Å²) in [6, 6.07) is 12.3. The molecular formula is C17H20N2OS2. The van der Waals surface area contributed by atoms with E-state index in [2.05, 4.69) is 37.4 Å². The van der Waals surface area contributed by atoms with E-state index < -0.39 is 0 Å². The molecule has 2 amide bonds. The molecule has 3 nitrogen and oxygen atoms in total. The van der Waals surface area contributed by atoms with Crippen molar-refractivity contribution < 1.29 is 4.79 Å². The van der Waals surface area contributed by atoms with Crippen LogP contribution in [0.2, 0.25) is 0 Å². The van der Waals surface area contributed by atoms with Crippen LogP contribution in [0.15, 0.2) is 36.4 Å². The summed E-state index contributed by atoms with van der Waals surface area (Å²) < 4.78 is 0. The van der Waals surface area contributed by atoms with E-state index in [-0.39, 0.29) is 11.4 Å². The monoisotopic (exact) mass is 332 g/mol. The van der Waals surface area contributed by atoms with Gasteiger partial charge in [-0.25, -0.2) is 4.79 Å². The van der Waals surface area contributed by atoms with Gasteiger partial charge in [0.1, 0.15) is 5.37 Å². The molecule has 1 aliphatic rings. The van der Waals surface area contributed by atoms with Gasteiger partial charge in [0.15, 0.2) is 0 Å². The molecule has 1 fully saturated rings. The molecule has 0 bridgehead atoms. The Hall–Kier alpha value is -1.46. The number of carbonyl (C=O) groups is 1. The fourth-order valence-electron chi connectivity index (χ4n) is 2.56. The molecule has 0 aliphatic carbocycles. The van der Waals surface area contributed by atoms with Crippen molar-refractivity contribution in [2.75, 3.05) is 17.6 Å². The maximum atomic E-state index is 12.6. The zero-order valence-electron chi connectivity index (χ0n) is 12.8. The molecule has 2 heterocycles. The van der Waals surface area contributed by atoms with Crippen LogP contribution in [0.4, 0.5) is 10.5 Å². The fourth-order valence-corrected chi connectivity index (χ4v) is 4.93. The normalized spacial score (nSPS) is 17.7. The van der Waals surface area contributed by atoms with Gasteiger partial charge >= 0.3 is 6.03 Å². The highest BCUT2D eigenvalue weighted by atomic mass is 32.2. The van der Waals surface area contributed by atoms with Gasteiger partial charge in [0.25, 0.3) is 0 Å². The molecule has 1 unspecified atom stereocenters. The van der Waals surface area contributed by atoms with E-state index in [0.717, 1.165) is 24.4 Å². The first kappa shape index (κ1) is 15.4. The molecule has 0 radical (unpaired) electrons. The van der Waals surface area contributed by atoms with Crippen molar-refractivity contribution in [3.63, 3.8) is 0 Å². The third kappa shape index (κ3) is 3.31. The second-order valence-corrected chi connectivity index (χ2v) is 7.86. The molecule has 116 valence electrons. The van der Waals surface area contributed by atoms with Gasteiger partial charge in [0.2, 0.25) is 0 Å². The minimum Gasteiger partial charge on any atom is -0.308 e. The molecule has 1 aromatic carbocycles. The standard InChI is InChI=1S/C17H20N2OS2/c1-3-13-5-4-6-14(11-13)18-17(20)19-9-10-21-16(19)15-8-7-12(2)22-15/h4-8,11,16H,3,9-10H2,1-2H3,(H,18,20). The van der Waals surface area contributed by atoms with Crippen LogP contribution in [0.25, 0.3) is 0 Å². The quantitative estimate of drug-likeness (QED) is 0.867. The van der Waals surface area contributed by atoms with Gasteiger partial charge < -0.3 is 10.2 Å². The molecule has 1 aliphatic heterocycles. The van der Waals surface area contributed by atoms with Gasteiger partial charge in [0.05, 0.1) is 0 Å². The number of hydrogen-bond donors (Lipinski definition) is 1. The number of thioether (sulfide) groups is 1. The smallest absolute Gasteiger partial charge is 0.308 e. The lowest BCUT2D eigenvalue weighted by molar-refractivity contribution is 0.215. The summed E-state index contributed by atoms with van der Waals surface area (Å²) in [6.07, 6.45) is 0.973. The Kier molecular flexibility index (Phi) is 4.74. The van der Waals surface area contributed by atoms with E-state index in [0.29, 0.717) is 0 Å². The summed E-state index contributed by atoms with van der Waals surface area (Å²) in [5, 5.41) is 3.19. The van der Waals surface area contributed by atoms with Crippen molar-refractivity contribution >= 4 is 34.8 Å². The number of amides is 2. The van der Waals surface area contributed by atoms with Crippen LogP contribution in [0, 0.1) is 6.92 Å². The van der Waals surface area contributed by atoms with Gasteiger partial charge in [-0.15, -0.1) is 23.1 Å². The van der Waals surface area contributed by atoms with Crippen molar-refractivity contribution in [2.24, 2.45) is 0 Å². The van der Waals surface area contributed by atoms with Gasteiger partial charge in [0, 0.05) is 27.7 Å². The van der Waals surface area contributed by atoms with Crippen LogP contribution in [0.3, 0.4) is 0 Å². The zero-order valence-corrected chi connectivity index (χ0v) is 14.5. The number of carbonyl (C=O) groups excluding carboxylic acids is 1. The predicted octanol–water partition coefficient (Wildman–Crippen LogP) is 4.90. The van der Waals surface area contributed by atoms with Gasteiger partial charge in [-0.1, -0.05) is 19.1 Å². The van der Waals surface area contributed by atoms with E-state index in [4.69, 9.17) is 0 Å². The number of rotatable bonds is 3. The topological polar surface area (TPSA) is 32.3 Å². The summed E-state index contributed by atoms with van der Waals surface area (Å²) in [5.41, 5.74) is 2.11. The number of anilines is 1. The minimum atomic E-state index is -0.00527. The Labute approximate surface area is 139 Å². The molecule has 1 N–H and O–H groups in total. The first-order chi connectivity index (χ1) is 10.7. The number of hydrogen-bond acceptors (Lipinski definition) is 3. The molecule has 1 saturated heterocycles. The highest BCUT2D eigenvalue weighted by Gasteiger charge is 2.31. The number of urea groups is 1. The number of benzene rings is 1. The molecule has 1 aromatic heterocycles. The van der Waals surface area contributed by atoms with E-state index >= 15 is 0 Å². The molecule has 3 rings (SSSR count). The Balaban J connectivity index is 1.73. The Bertz CT molecular complexity index is 668. The lowest BCUT2D eigenvalue weighted by atomic mass is 10.1. The summed E-state index contributed by atoms with van der Waals surface area (Å²) in [7, 11) is 0. The third-order valence-electron chi connectivity index (χ3n) is 3.74. The van der Waals surface area contributed by atoms with E-state index in [9.17, 15) is 4.79 Å². The maximum absolute atomic E-state index is 12.6. The Morgan fingerprint density at radius 3 is 2.95 bits per heavy atom. The van der Waals surface area contributed by atoms with E-state index in [1.807, 2.05) is 34.9 Å². The van der Waals surface area contributed by atoms with Crippen molar-refractivity contribution in [1.29, 1.82) is 0 Å². The number of aryl methyl sites for hydroxylation is 2. The van der Waals surface area contributed by atoms with Crippen molar-refractivity contribution in [2.45, 2.75) is 25.6 Å². The lowest BCUT2D eigenvalue weighted by Crippen LogP contribution is -2.34. The van der Waals surface area contributed by atoms with Crippen LogP contribution >= 0.6 is 23.1 Å². The number of nitrogens with zero attached hydrogens (tertiary/aromatic N) is 1. The molecule has 2 aromatic rings. The van der Waals surface area contributed by atoms with Crippen LogP contribution in [0.1, 0.15) is 27.6 Å². The fraction of sp³-hybridized carbons (Fsp3) is 0.353. The second-order valence-electron chi connectivity index (χ2n) is 5.35. The van der Waals surface area contributed by atoms with Crippen LogP contribution < -0.4 is 5.32 Å². The molecule has 1 atom stereocenters. The van der Waals surface area contributed by atoms with Gasteiger partial charge in [-0.3, -0.25) is 0 Å². The van der Waals surface area contributed by atoms with Crippen LogP contribution in [-0.4, -0.2) is 23.2 Å². The second kappa shape index (κ2) is 6.75. The zero-order chi connectivity index (χ0) is 15.5. The van der Waals surface area contributed by atoms with E-state index in [1.165, 1.54) is 15.3 Å². The average Bonchev–Trinajstić information content (AvgIpc) is 3.15. The Morgan fingerprint density at radius 2 is 2.23 bits per heavy atom.